The second-order valence-electron chi connectivity index (χ2n) is 4.37. The summed E-state index contributed by atoms with van der Waals surface area (Å²) < 4.78 is 5.33. The summed E-state index contributed by atoms with van der Waals surface area (Å²) >= 11 is 0. The highest BCUT2D eigenvalue weighted by Gasteiger charge is 2.09. The van der Waals surface area contributed by atoms with Crippen LogP contribution in [0.25, 0.3) is 0 Å². The molecule has 5 nitrogen and oxygen atoms in total. The van der Waals surface area contributed by atoms with Crippen molar-refractivity contribution in [2.45, 2.75) is 26.8 Å². The van der Waals surface area contributed by atoms with Crippen molar-refractivity contribution >= 4 is 17.3 Å². The maximum absolute atomic E-state index is 11.7. The summed E-state index contributed by atoms with van der Waals surface area (Å²) in [5.41, 5.74) is 7.90. The quantitative estimate of drug-likeness (QED) is 0.658. The summed E-state index contributed by atoms with van der Waals surface area (Å²) in [6.07, 6.45) is 0. The summed E-state index contributed by atoms with van der Waals surface area (Å²) in [7, 11) is 0. The van der Waals surface area contributed by atoms with Crippen LogP contribution in [0.15, 0.2) is 18.2 Å². The standard InChI is InChI=1S/C14H23N3O2/c1-4-16-14(18)11-6-7-13(12(15)8-11)17-10(3)9-19-5-2/h6-8,10,17H,4-5,9,15H2,1-3H3,(H,16,18). The second-order valence-corrected chi connectivity index (χ2v) is 4.37. The van der Waals surface area contributed by atoms with Crippen LogP contribution in [0.2, 0.25) is 0 Å². The topological polar surface area (TPSA) is 76.4 Å². The van der Waals surface area contributed by atoms with Gasteiger partial charge in [-0.25, -0.2) is 0 Å². The van der Waals surface area contributed by atoms with E-state index in [4.69, 9.17) is 10.5 Å². The highest BCUT2D eigenvalue weighted by Crippen LogP contribution is 2.20. The van der Waals surface area contributed by atoms with Crippen LogP contribution in [0.3, 0.4) is 0 Å². The van der Waals surface area contributed by atoms with Gasteiger partial charge in [0.1, 0.15) is 0 Å². The van der Waals surface area contributed by atoms with Gasteiger partial charge in [-0.2, -0.15) is 0 Å². The van der Waals surface area contributed by atoms with Crippen molar-refractivity contribution in [3.05, 3.63) is 23.8 Å². The Labute approximate surface area is 114 Å². The molecule has 19 heavy (non-hydrogen) atoms. The van der Waals surface area contributed by atoms with E-state index < -0.39 is 0 Å². The SMILES string of the molecule is CCNC(=O)c1ccc(NC(C)COCC)c(N)c1. The molecule has 0 aliphatic rings. The largest absolute Gasteiger partial charge is 0.397 e. The zero-order chi connectivity index (χ0) is 14.3. The third kappa shape index (κ3) is 4.79. The Morgan fingerprint density at radius 1 is 1.42 bits per heavy atom. The van der Waals surface area contributed by atoms with Gasteiger partial charge in [0.25, 0.3) is 5.91 Å². The van der Waals surface area contributed by atoms with Gasteiger partial charge in [0, 0.05) is 24.8 Å². The molecule has 0 spiro atoms. The molecular formula is C14H23N3O2. The molecule has 0 saturated heterocycles. The van der Waals surface area contributed by atoms with Crippen LogP contribution in [-0.2, 0) is 4.74 Å². The van der Waals surface area contributed by atoms with E-state index in [1.54, 1.807) is 12.1 Å². The van der Waals surface area contributed by atoms with Crippen molar-refractivity contribution in [1.82, 2.24) is 5.32 Å². The molecule has 106 valence electrons. The van der Waals surface area contributed by atoms with Crippen LogP contribution in [0.4, 0.5) is 11.4 Å². The Morgan fingerprint density at radius 3 is 2.74 bits per heavy atom. The number of nitrogen functional groups attached to an aromatic ring is 1. The predicted molar refractivity (Wildman–Crippen MR) is 78.4 cm³/mol. The number of hydrogen-bond acceptors (Lipinski definition) is 4. The van der Waals surface area contributed by atoms with Gasteiger partial charge in [0.2, 0.25) is 0 Å². The van der Waals surface area contributed by atoms with E-state index in [9.17, 15) is 4.79 Å². The number of amides is 1. The number of nitrogens with two attached hydrogens (primary N) is 1. The van der Waals surface area contributed by atoms with Gasteiger partial charge >= 0.3 is 0 Å². The minimum atomic E-state index is -0.108. The zero-order valence-corrected chi connectivity index (χ0v) is 11.8. The Balaban J connectivity index is 2.69. The third-order valence-electron chi connectivity index (χ3n) is 2.62. The second kappa shape index (κ2) is 7.63. The van der Waals surface area contributed by atoms with Crippen molar-refractivity contribution in [3.8, 4) is 0 Å². The number of carbonyl (C=O) groups excluding carboxylic acids is 1. The smallest absolute Gasteiger partial charge is 0.251 e. The predicted octanol–water partition coefficient (Wildman–Crippen LogP) is 1.86. The highest BCUT2D eigenvalue weighted by atomic mass is 16.5. The molecular weight excluding hydrogens is 242 g/mol. The van der Waals surface area contributed by atoms with Gasteiger partial charge in [0.15, 0.2) is 0 Å². The molecule has 0 aromatic heterocycles. The Kier molecular flexibility index (Phi) is 6.15. The lowest BCUT2D eigenvalue weighted by molar-refractivity contribution is 0.0956. The van der Waals surface area contributed by atoms with Gasteiger partial charge in [0.05, 0.1) is 18.0 Å². The Bertz CT molecular complexity index is 421. The Hall–Kier alpha value is -1.75. The van der Waals surface area contributed by atoms with Crippen LogP contribution in [0.5, 0.6) is 0 Å². The number of benzene rings is 1. The molecule has 0 bridgehead atoms. The normalized spacial score (nSPS) is 11.9. The summed E-state index contributed by atoms with van der Waals surface area (Å²) in [6, 6.07) is 5.43. The monoisotopic (exact) mass is 265 g/mol. The number of nitrogens with one attached hydrogen (secondary N) is 2. The summed E-state index contributed by atoms with van der Waals surface area (Å²) in [4.78, 5) is 11.7. The molecule has 1 atom stereocenters. The fraction of sp³-hybridized carbons (Fsp3) is 0.500. The van der Waals surface area contributed by atoms with E-state index in [0.29, 0.717) is 31.0 Å². The molecule has 1 aromatic rings. The van der Waals surface area contributed by atoms with E-state index in [0.717, 1.165) is 5.69 Å². The van der Waals surface area contributed by atoms with Crippen molar-refractivity contribution in [2.24, 2.45) is 0 Å². The minimum absolute atomic E-state index is 0.108. The average Bonchev–Trinajstić information content (AvgIpc) is 2.39. The first kappa shape index (κ1) is 15.3. The molecule has 4 N–H and O–H groups in total. The van der Waals surface area contributed by atoms with E-state index in [1.165, 1.54) is 0 Å². The van der Waals surface area contributed by atoms with E-state index in [2.05, 4.69) is 10.6 Å². The highest BCUT2D eigenvalue weighted by molar-refractivity contribution is 5.96. The van der Waals surface area contributed by atoms with Gasteiger partial charge in [-0.15, -0.1) is 0 Å². The molecule has 1 amide bonds. The molecule has 1 aromatic carbocycles. The fourth-order valence-corrected chi connectivity index (χ4v) is 1.70. The fourth-order valence-electron chi connectivity index (χ4n) is 1.70. The summed E-state index contributed by atoms with van der Waals surface area (Å²) in [6.45, 7) is 7.78. The number of hydrogen-bond donors (Lipinski definition) is 3. The average molecular weight is 265 g/mol. The van der Waals surface area contributed by atoms with Crippen LogP contribution < -0.4 is 16.4 Å². The number of rotatable bonds is 7. The molecule has 1 rings (SSSR count). The molecule has 0 saturated carbocycles. The van der Waals surface area contributed by atoms with Gasteiger partial charge < -0.3 is 21.1 Å². The number of anilines is 2. The van der Waals surface area contributed by atoms with Gasteiger partial charge in [-0.1, -0.05) is 0 Å². The van der Waals surface area contributed by atoms with E-state index in [-0.39, 0.29) is 11.9 Å². The summed E-state index contributed by atoms with van der Waals surface area (Å²) in [5, 5.41) is 6.00. The summed E-state index contributed by atoms with van der Waals surface area (Å²) in [5.74, 6) is -0.108. The zero-order valence-electron chi connectivity index (χ0n) is 11.8. The molecule has 0 aliphatic heterocycles. The number of carbonyl (C=O) groups is 1. The maximum atomic E-state index is 11.7. The van der Waals surface area contributed by atoms with Crippen LogP contribution in [0, 0.1) is 0 Å². The van der Waals surface area contributed by atoms with Crippen molar-refractivity contribution in [3.63, 3.8) is 0 Å². The molecule has 0 fully saturated rings. The lowest BCUT2D eigenvalue weighted by Crippen LogP contribution is -2.24. The van der Waals surface area contributed by atoms with Crippen molar-refractivity contribution in [1.29, 1.82) is 0 Å². The molecule has 0 radical (unpaired) electrons. The van der Waals surface area contributed by atoms with Gasteiger partial charge in [-0.3, -0.25) is 4.79 Å². The molecule has 5 heteroatoms. The number of ether oxygens (including phenoxy) is 1. The van der Waals surface area contributed by atoms with Crippen LogP contribution in [0.1, 0.15) is 31.1 Å². The third-order valence-corrected chi connectivity index (χ3v) is 2.62. The van der Waals surface area contributed by atoms with Crippen LogP contribution in [-0.4, -0.2) is 31.7 Å². The lowest BCUT2D eigenvalue weighted by atomic mass is 10.1. The van der Waals surface area contributed by atoms with Crippen LogP contribution >= 0.6 is 0 Å². The minimum Gasteiger partial charge on any atom is -0.397 e. The molecule has 1 unspecified atom stereocenters. The first-order chi connectivity index (χ1) is 9.08. The van der Waals surface area contributed by atoms with Gasteiger partial charge in [-0.05, 0) is 39.0 Å². The maximum Gasteiger partial charge on any atom is 0.251 e. The lowest BCUT2D eigenvalue weighted by Gasteiger charge is -2.17. The Morgan fingerprint density at radius 2 is 2.16 bits per heavy atom. The molecule has 0 aliphatic carbocycles. The molecule has 0 heterocycles. The van der Waals surface area contributed by atoms with E-state index in [1.807, 2.05) is 26.8 Å². The van der Waals surface area contributed by atoms with Crippen molar-refractivity contribution in [2.75, 3.05) is 30.8 Å². The van der Waals surface area contributed by atoms with E-state index >= 15 is 0 Å². The first-order valence-corrected chi connectivity index (χ1v) is 6.60. The van der Waals surface area contributed by atoms with Crippen molar-refractivity contribution < 1.29 is 9.53 Å². The first-order valence-electron chi connectivity index (χ1n) is 6.60.